The van der Waals surface area contributed by atoms with Crippen molar-refractivity contribution < 1.29 is 9.90 Å². The van der Waals surface area contributed by atoms with Crippen molar-refractivity contribution in [3.8, 4) is 0 Å². The Morgan fingerprint density at radius 2 is 2.55 bits per heavy atom. The third kappa shape index (κ3) is 1.42. The Morgan fingerprint density at radius 1 is 1.82 bits per heavy atom. The molecule has 6 heteroatoms. The minimum Gasteiger partial charge on any atom is -0.396 e. The number of hydrogen-bond donors (Lipinski definition) is 2. The predicted molar refractivity (Wildman–Crippen MR) is 36.6 cm³/mol. The first-order valence-electron chi connectivity index (χ1n) is 3.25. The van der Waals surface area contributed by atoms with Crippen molar-refractivity contribution in [3.63, 3.8) is 0 Å². The van der Waals surface area contributed by atoms with E-state index in [2.05, 4.69) is 15.3 Å². The monoisotopic (exact) mass is 156 g/mol. The minimum atomic E-state index is -0.618. The van der Waals surface area contributed by atoms with Gasteiger partial charge in [-0.1, -0.05) is 5.11 Å². The lowest BCUT2D eigenvalue weighted by molar-refractivity contribution is -0.130. The van der Waals surface area contributed by atoms with E-state index in [-0.39, 0.29) is 18.6 Å². The molecule has 1 fully saturated rings. The van der Waals surface area contributed by atoms with Crippen LogP contribution >= 0.6 is 0 Å². The standard InChI is InChI=1S/C5H8N4O2/c6-9-8-4-3(1-2-10)7-5(4)11/h3-4,10H,1-2H2,(H,7,11)/t3-,4-/m0/s1. The van der Waals surface area contributed by atoms with Crippen molar-refractivity contribution >= 4 is 5.91 Å². The maximum atomic E-state index is 10.6. The SMILES string of the molecule is [N-]=[N+]=N[C@@H]1C(=O)N[C@H]1CCO. The number of aliphatic hydroxyl groups excluding tert-OH is 1. The van der Waals surface area contributed by atoms with Gasteiger partial charge in [0.25, 0.3) is 0 Å². The Hall–Kier alpha value is -1.26. The maximum absolute atomic E-state index is 10.6. The number of aliphatic hydroxyl groups is 1. The molecule has 0 aromatic carbocycles. The van der Waals surface area contributed by atoms with E-state index < -0.39 is 6.04 Å². The number of azide groups is 1. The summed E-state index contributed by atoms with van der Waals surface area (Å²) < 4.78 is 0. The summed E-state index contributed by atoms with van der Waals surface area (Å²) in [6, 6.07) is -0.796. The smallest absolute Gasteiger partial charge is 0.231 e. The van der Waals surface area contributed by atoms with Crippen molar-refractivity contribution in [2.24, 2.45) is 5.11 Å². The van der Waals surface area contributed by atoms with Gasteiger partial charge in [-0.25, -0.2) is 0 Å². The number of nitrogens with zero attached hydrogens (tertiary/aromatic N) is 3. The fourth-order valence-electron chi connectivity index (χ4n) is 0.991. The molecule has 1 rings (SSSR count). The summed E-state index contributed by atoms with van der Waals surface area (Å²) >= 11 is 0. The average molecular weight is 156 g/mol. The summed E-state index contributed by atoms with van der Waals surface area (Å²) in [5.41, 5.74) is 8.02. The molecule has 1 aliphatic heterocycles. The van der Waals surface area contributed by atoms with E-state index in [1.54, 1.807) is 0 Å². The van der Waals surface area contributed by atoms with Crippen molar-refractivity contribution in [1.29, 1.82) is 0 Å². The van der Waals surface area contributed by atoms with E-state index in [0.717, 1.165) is 0 Å². The molecule has 0 aromatic rings. The molecule has 0 saturated carbocycles. The van der Waals surface area contributed by atoms with Crippen molar-refractivity contribution in [3.05, 3.63) is 10.4 Å². The van der Waals surface area contributed by atoms with Gasteiger partial charge in [-0.2, -0.15) is 0 Å². The predicted octanol–water partition coefficient (Wildman–Crippen LogP) is -0.454. The minimum absolute atomic E-state index is 0.0115. The molecular weight excluding hydrogens is 148 g/mol. The highest BCUT2D eigenvalue weighted by atomic mass is 16.3. The molecule has 1 amide bonds. The van der Waals surface area contributed by atoms with Crippen LogP contribution in [0.5, 0.6) is 0 Å². The first kappa shape index (κ1) is 7.84. The Bertz CT molecular complexity index is 209. The summed E-state index contributed by atoms with van der Waals surface area (Å²) in [5, 5.41) is 14.3. The number of amides is 1. The zero-order chi connectivity index (χ0) is 8.27. The van der Waals surface area contributed by atoms with E-state index >= 15 is 0 Å². The van der Waals surface area contributed by atoms with Crippen LogP contribution in [0.1, 0.15) is 6.42 Å². The van der Waals surface area contributed by atoms with Crippen molar-refractivity contribution in [2.75, 3.05) is 6.61 Å². The van der Waals surface area contributed by atoms with Crippen LogP contribution in [-0.2, 0) is 4.79 Å². The fourth-order valence-corrected chi connectivity index (χ4v) is 0.991. The molecule has 0 unspecified atom stereocenters. The van der Waals surface area contributed by atoms with Crippen LogP contribution in [0.15, 0.2) is 5.11 Å². The van der Waals surface area contributed by atoms with Gasteiger partial charge in [0.05, 0.1) is 0 Å². The summed E-state index contributed by atoms with van der Waals surface area (Å²) in [7, 11) is 0. The maximum Gasteiger partial charge on any atom is 0.231 e. The van der Waals surface area contributed by atoms with Crippen LogP contribution in [0.2, 0.25) is 0 Å². The molecular formula is C5H8N4O2. The molecule has 1 saturated heterocycles. The highest BCUT2D eigenvalue weighted by Crippen LogP contribution is 2.13. The molecule has 0 radical (unpaired) electrons. The van der Waals surface area contributed by atoms with Crippen LogP contribution in [0.25, 0.3) is 10.4 Å². The second-order valence-corrected chi connectivity index (χ2v) is 2.28. The molecule has 2 atom stereocenters. The van der Waals surface area contributed by atoms with Gasteiger partial charge in [-0.05, 0) is 12.0 Å². The van der Waals surface area contributed by atoms with Crippen LogP contribution in [0, 0.1) is 0 Å². The van der Waals surface area contributed by atoms with Crippen LogP contribution in [0.3, 0.4) is 0 Å². The summed E-state index contributed by atoms with van der Waals surface area (Å²) in [4.78, 5) is 13.2. The molecule has 2 N–H and O–H groups in total. The van der Waals surface area contributed by atoms with E-state index in [1.807, 2.05) is 0 Å². The Morgan fingerprint density at radius 3 is 3.00 bits per heavy atom. The number of rotatable bonds is 3. The zero-order valence-electron chi connectivity index (χ0n) is 5.77. The van der Waals surface area contributed by atoms with Gasteiger partial charge in [0.15, 0.2) is 0 Å². The molecule has 0 spiro atoms. The van der Waals surface area contributed by atoms with Crippen LogP contribution in [-0.4, -0.2) is 29.7 Å². The van der Waals surface area contributed by atoms with Gasteiger partial charge < -0.3 is 10.4 Å². The number of carbonyl (C=O) groups is 1. The number of nitrogens with one attached hydrogen (secondary N) is 1. The molecule has 0 aliphatic carbocycles. The second-order valence-electron chi connectivity index (χ2n) is 2.28. The van der Waals surface area contributed by atoms with Crippen molar-refractivity contribution in [2.45, 2.75) is 18.5 Å². The van der Waals surface area contributed by atoms with E-state index in [9.17, 15) is 4.79 Å². The number of β-lactam (4-membered cyclic amide) rings is 1. The van der Waals surface area contributed by atoms with Gasteiger partial charge in [0, 0.05) is 17.6 Å². The lowest BCUT2D eigenvalue weighted by atomic mass is 9.97. The van der Waals surface area contributed by atoms with E-state index in [1.165, 1.54) is 0 Å². The largest absolute Gasteiger partial charge is 0.396 e. The molecule has 60 valence electrons. The molecule has 1 heterocycles. The second kappa shape index (κ2) is 3.23. The summed E-state index contributed by atoms with van der Waals surface area (Å²) in [6.07, 6.45) is 0.440. The molecule has 1 aliphatic rings. The summed E-state index contributed by atoms with van der Waals surface area (Å²) in [6.45, 7) is -0.0115. The topological polar surface area (TPSA) is 98.1 Å². The van der Waals surface area contributed by atoms with E-state index in [0.29, 0.717) is 6.42 Å². The first-order chi connectivity index (χ1) is 5.29. The quantitative estimate of drug-likeness (QED) is 0.250. The first-order valence-corrected chi connectivity index (χ1v) is 3.25. The lowest BCUT2D eigenvalue weighted by Crippen LogP contribution is -2.61. The fraction of sp³-hybridized carbons (Fsp3) is 0.800. The van der Waals surface area contributed by atoms with Crippen LogP contribution in [0.4, 0.5) is 0 Å². The third-order valence-electron chi connectivity index (χ3n) is 1.59. The van der Waals surface area contributed by atoms with Gasteiger partial charge >= 0.3 is 0 Å². The molecule has 6 nitrogen and oxygen atoms in total. The van der Waals surface area contributed by atoms with E-state index in [4.69, 9.17) is 10.6 Å². The van der Waals surface area contributed by atoms with Gasteiger partial charge in [-0.3, -0.25) is 4.79 Å². The molecule has 0 aromatic heterocycles. The van der Waals surface area contributed by atoms with Gasteiger partial charge in [0.1, 0.15) is 6.04 Å². The Labute approximate surface area is 62.8 Å². The zero-order valence-corrected chi connectivity index (χ0v) is 5.77. The Balaban J connectivity index is 2.47. The number of hydrogen-bond acceptors (Lipinski definition) is 3. The number of carbonyl (C=O) groups excluding carboxylic acids is 1. The van der Waals surface area contributed by atoms with Gasteiger partial charge in [0.2, 0.25) is 5.91 Å². The van der Waals surface area contributed by atoms with Crippen LogP contribution < -0.4 is 5.32 Å². The summed E-state index contributed by atoms with van der Waals surface area (Å²) in [5.74, 6) is -0.263. The highest BCUT2D eigenvalue weighted by molar-refractivity contribution is 5.89. The van der Waals surface area contributed by atoms with Gasteiger partial charge in [-0.15, -0.1) is 0 Å². The molecule has 0 bridgehead atoms. The Kier molecular flexibility index (Phi) is 2.30. The average Bonchev–Trinajstić information content (AvgIpc) is 2.00. The highest BCUT2D eigenvalue weighted by Gasteiger charge is 2.37. The normalized spacial score (nSPS) is 28.3. The molecule has 11 heavy (non-hydrogen) atoms. The lowest BCUT2D eigenvalue weighted by Gasteiger charge is -2.32. The third-order valence-corrected chi connectivity index (χ3v) is 1.59. The van der Waals surface area contributed by atoms with Crippen molar-refractivity contribution in [1.82, 2.24) is 5.32 Å².